The van der Waals surface area contributed by atoms with Gasteiger partial charge in [-0.1, -0.05) is 88.7 Å². The van der Waals surface area contributed by atoms with E-state index >= 15 is 0 Å². The molecule has 2 heteroatoms. The summed E-state index contributed by atoms with van der Waals surface area (Å²) in [4.78, 5) is 0. The molecule has 4 aromatic carbocycles. The van der Waals surface area contributed by atoms with Gasteiger partial charge < -0.3 is 0 Å². The van der Waals surface area contributed by atoms with E-state index in [-0.39, 0.29) is 0 Å². The van der Waals surface area contributed by atoms with Gasteiger partial charge in [0.15, 0.2) is 0 Å². The molecule has 0 saturated heterocycles. The first-order chi connectivity index (χ1) is 12.7. The van der Waals surface area contributed by atoms with Gasteiger partial charge in [-0.05, 0) is 80.2 Å². The fraction of sp³-hybridized carbons (Fsp3) is 0. The lowest BCUT2D eigenvalue weighted by atomic mass is 9.91. The molecule has 0 fully saturated rings. The SMILES string of the molecule is Brc1ccc(I)cc1-c1ccc(-c2ccccc2)cc1-c1ccccc1. The van der Waals surface area contributed by atoms with Crippen LogP contribution in [0.2, 0.25) is 0 Å². The Morgan fingerprint density at radius 3 is 1.85 bits per heavy atom. The van der Waals surface area contributed by atoms with Crippen LogP contribution in [0.15, 0.2) is 102 Å². The standard InChI is InChI=1S/C24H16BrI/c25-24-14-12-20(26)16-23(24)21-13-11-19(17-7-3-1-4-8-17)15-22(21)18-9-5-2-6-10-18/h1-16H. The molecule has 0 nitrogen and oxygen atoms in total. The van der Waals surface area contributed by atoms with Crippen molar-refractivity contribution < 1.29 is 0 Å². The third-order valence-electron chi connectivity index (χ3n) is 4.43. The van der Waals surface area contributed by atoms with Gasteiger partial charge in [-0.25, -0.2) is 0 Å². The summed E-state index contributed by atoms with van der Waals surface area (Å²) in [5.41, 5.74) is 7.39. The van der Waals surface area contributed by atoms with E-state index in [9.17, 15) is 0 Å². The predicted octanol–water partition coefficient (Wildman–Crippen LogP) is 8.05. The summed E-state index contributed by atoms with van der Waals surface area (Å²) >= 11 is 6.10. The molecule has 4 rings (SSSR count). The summed E-state index contributed by atoms with van der Waals surface area (Å²) in [6, 6.07) is 34.4. The van der Waals surface area contributed by atoms with E-state index in [4.69, 9.17) is 0 Å². The molecule has 0 saturated carbocycles. The highest BCUT2D eigenvalue weighted by atomic mass is 127. The van der Waals surface area contributed by atoms with Crippen LogP contribution in [0.25, 0.3) is 33.4 Å². The number of hydrogen-bond donors (Lipinski definition) is 0. The third-order valence-corrected chi connectivity index (χ3v) is 5.79. The van der Waals surface area contributed by atoms with Crippen molar-refractivity contribution in [3.05, 3.63) is 105 Å². The molecule has 0 radical (unpaired) electrons. The molecule has 4 aromatic rings. The summed E-state index contributed by atoms with van der Waals surface area (Å²) in [5, 5.41) is 0. The highest BCUT2D eigenvalue weighted by Gasteiger charge is 2.12. The fourth-order valence-corrected chi connectivity index (χ4v) is 4.10. The van der Waals surface area contributed by atoms with Crippen molar-refractivity contribution in [2.24, 2.45) is 0 Å². The molecular weight excluding hydrogens is 495 g/mol. The van der Waals surface area contributed by atoms with Crippen molar-refractivity contribution in [2.75, 3.05) is 0 Å². The minimum absolute atomic E-state index is 1.11. The molecule has 0 unspecified atom stereocenters. The van der Waals surface area contributed by atoms with Crippen molar-refractivity contribution >= 4 is 38.5 Å². The first kappa shape index (κ1) is 17.5. The Morgan fingerprint density at radius 2 is 1.15 bits per heavy atom. The van der Waals surface area contributed by atoms with Crippen molar-refractivity contribution in [2.45, 2.75) is 0 Å². The molecule has 0 aromatic heterocycles. The quantitative estimate of drug-likeness (QED) is 0.244. The van der Waals surface area contributed by atoms with Crippen LogP contribution in [-0.2, 0) is 0 Å². The summed E-state index contributed by atoms with van der Waals surface area (Å²) in [6.45, 7) is 0. The second kappa shape index (κ2) is 7.77. The first-order valence-electron chi connectivity index (χ1n) is 8.43. The fourth-order valence-electron chi connectivity index (χ4n) is 3.15. The van der Waals surface area contributed by atoms with Gasteiger partial charge in [0.05, 0.1) is 0 Å². The van der Waals surface area contributed by atoms with Crippen LogP contribution in [0.5, 0.6) is 0 Å². The maximum Gasteiger partial charge on any atom is 0.0254 e. The van der Waals surface area contributed by atoms with E-state index < -0.39 is 0 Å². The highest BCUT2D eigenvalue weighted by molar-refractivity contribution is 14.1. The average Bonchev–Trinajstić information content (AvgIpc) is 2.71. The largest absolute Gasteiger partial charge is 0.0622 e. The smallest absolute Gasteiger partial charge is 0.0254 e. The summed E-state index contributed by atoms with van der Waals surface area (Å²) < 4.78 is 2.34. The van der Waals surface area contributed by atoms with Crippen LogP contribution >= 0.6 is 38.5 Å². The van der Waals surface area contributed by atoms with Gasteiger partial charge in [0, 0.05) is 8.04 Å². The van der Waals surface area contributed by atoms with E-state index in [1.807, 2.05) is 0 Å². The molecule has 0 aliphatic heterocycles. The summed E-state index contributed by atoms with van der Waals surface area (Å²) in [6.07, 6.45) is 0. The second-order valence-electron chi connectivity index (χ2n) is 6.12. The lowest BCUT2D eigenvalue weighted by molar-refractivity contribution is 1.53. The molecule has 126 valence electrons. The second-order valence-corrected chi connectivity index (χ2v) is 8.22. The lowest BCUT2D eigenvalue weighted by Crippen LogP contribution is -1.89. The van der Waals surface area contributed by atoms with Gasteiger partial charge in [0.1, 0.15) is 0 Å². The van der Waals surface area contributed by atoms with Crippen molar-refractivity contribution in [3.63, 3.8) is 0 Å². The van der Waals surface area contributed by atoms with Gasteiger partial charge in [-0.3, -0.25) is 0 Å². The molecule has 0 aliphatic rings. The molecule has 26 heavy (non-hydrogen) atoms. The number of hydrogen-bond acceptors (Lipinski definition) is 0. The number of benzene rings is 4. The van der Waals surface area contributed by atoms with E-state index in [0.717, 1.165) is 4.47 Å². The molecule has 0 spiro atoms. The van der Waals surface area contributed by atoms with Gasteiger partial charge >= 0.3 is 0 Å². The van der Waals surface area contributed by atoms with Crippen molar-refractivity contribution in [1.82, 2.24) is 0 Å². The van der Waals surface area contributed by atoms with E-state index in [1.54, 1.807) is 0 Å². The van der Waals surface area contributed by atoms with E-state index in [2.05, 4.69) is 136 Å². The van der Waals surface area contributed by atoms with Crippen molar-refractivity contribution in [1.29, 1.82) is 0 Å². The normalized spacial score (nSPS) is 10.7. The molecule has 0 N–H and O–H groups in total. The first-order valence-corrected chi connectivity index (χ1v) is 10.3. The Hall–Kier alpha value is -1.91. The molecule has 0 atom stereocenters. The maximum absolute atomic E-state index is 3.73. The Balaban J connectivity index is 1.96. The van der Waals surface area contributed by atoms with Crippen LogP contribution in [0.3, 0.4) is 0 Å². The Morgan fingerprint density at radius 1 is 0.500 bits per heavy atom. The van der Waals surface area contributed by atoms with E-state index in [0.29, 0.717) is 0 Å². The van der Waals surface area contributed by atoms with Crippen LogP contribution in [0, 0.1) is 3.57 Å². The van der Waals surface area contributed by atoms with Crippen LogP contribution < -0.4 is 0 Å². The maximum atomic E-state index is 3.73. The number of halogens is 2. The monoisotopic (exact) mass is 510 g/mol. The highest BCUT2D eigenvalue weighted by Crippen LogP contribution is 2.39. The summed E-state index contributed by atoms with van der Waals surface area (Å²) in [7, 11) is 0. The molecule has 0 aliphatic carbocycles. The predicted molar refractivity (Wildman–Crippen MR) is 123 cm³/mol. The Labute approximate surface area is 176 Å². The topological polar surface area (TPSA) is 0 Å². The van der Waals surface area contributed by atoms with Gasteiger partial charge in [-0.15, -0.1) is 0 Å². The molecule has 0 amide bonds. The van der Waals surface area contributed by atoms with Crippen LogP contribution in [0.1, 0.15) is 0 Å². The zero-order valence-electron chi connectivity index (χ0n) is 14.0. The van der Waals surface area contributed by atoms with Gasteiger partial charge in [0.25, 0.3) is 0 Å². The van der Waals surface area contributed by atoms with Gasteiger partial charge in [-0.2, -0.15) is 0 Å². The zero-order valence-corrected chi connectivity index (χ0v) is 17.7. The van der Waals surface area contributed by atoms with Crippen LogP contribution in [0.4, 0.5) is 0 Å². The molecule has 0 bridgehead atoms. The molecular formula is C24H16BrI. The minimum atomic E-state index is 1.11. The minimum Gasteiger partial charge on any atom is -0.0622 e. The molecule has 0 heterocycles. The Bertz CT molecular complexity index is 1040. The van der Waals surface area contributed by atoms with E-state index in [1.165, 1.54) is 37.0 Å². The van der Waals surface area contributed by atoms with Crippen LogP contribution in [-0.4, -0.2) is 0 Å². The zero-order chi connectivity index (χ0) is 17.9. The third kappa shape index (κ3) is 3.62. The summed E-state index contributed by atoms with van der Waals surface area (Å²) in [5.74, 6) is 0. The van der Waals surface area contributed by atoms with Crippen molar-refractivity contribution in [3.8, 4) is 33.4 Å². The lowest BCUT2D eigenvalue weighted by Gasteiger charge is -2.15. The Kier molecular flexibility index (Phi) is 5.23. The average molecular weight is 511 g/mol. The van der Waals surface area contributed by atoms with Gasteiger partial charge in [0.2, 0.25) is 0 Å². The number of rotatable bonds is 3.